The van der Waals surface area contributed by atoms with Crippen molar-refractivity contribution in [2.75, 3.05) is 0 Å². The minimum absolute atomic E-state index is 0.0113. The zero-order valence-corrected chi connectivity index (χ0v) is 17.3. The molecular weight excluding hydrogens is 366 g/mol. The summed E-state index contributed by atoms with van der Waals surface area (Å²) in [5, 5.41) is 7.35. The van der Waals surface area contributed by atoms with Crippen LogP contribution < -0.4 is 10.1 Å². The number of carbonyl (C=O) groups excluding carboxylic acids is 2. The number of rotatable bonds is 6. The van der Waals surface area contributed by atoms with Gasteiger partial charge in [0.2, 0.25) is 5.88 Å². The number of ether oxygens (including phenoxy) is 1. The molecule has 6 nitrogen and oxygen atoms in total. The molecule has 0 radical (unpaired) electrons. The van der Waals surface area contributed by atoms with Gasteiger partial charge in [-0.05, 0) is 51.0 Å². The molecule has 1 amide bonds. The normalized spacial score (nSPS) is 11.8. The monoisotopic (exact) mass is 391 g/mol. The Hall–Kier alpha value is -3.41. The number of hydrogen-bond acceptors (Lipinski definition) is 4. The SMILES string of the molecule is CC(=O)c1ccc([C@H](C)NC(=O)c2c(C)nn(C)c2Oc2cccc(C)c2)cc1. The number of nitrogens with one attached hydrogen (secondary N) is 1. The molecular formula is C23H25N3O3. The van der Waals surface area contributed by atoms with Crippen LogP contribution in [0.3, 0.4) is 0 Å². The third kappa shape index (κ3) is 4.54. The molecule has 1 aromatic heterocycles. The average Bonchev–Trinajstić information content (AvgIpc) is 2.95. The fourth-order valence-corrected chi connectivity index (χ4v) is 3.16. The Bertz CT molecular complexity index is 1050. The smallest absolute Gasteiger partial charge is 0.259 e. The number of aromatic nitrogens is 2. The highest BCUT2D eigenvalue weighted by Crippen LogP contribution is 2.28. The fraction of sp³-hybridized carbons (Fsp3) is 0.261. The highest BCUT2D eigenvalue weighted by molar-refractivity contribution is 5.98. The van der Waals surface area contributed by atoms with Crippen LogP contribution in [0.2, 0.25) is 0 Å². The van der Waals surface area contributed by atoms with Crippen LogP contribution in [0.1, 0.15) is 57.4 Å². The number of amides is 1. The third-order valence-corrected chi connectivity index (χ3v) is 4.77. The van der Waals surface area contributed by atoms with Gasteiger partial charge in [0.1, 0.15) is 11.3 Å². The molecule has 1 heterocycles. The van der Waals surface area contributed by atoms with E-state index in [9.17, 15) is 9.59 Å². The molecule has 0 aliphatic rings. The van der Waals surface area contributed by atoms with Gasteiger partial charge in [-0.2, -0.15) is 5.10 Å². The van der Waals surface area contributed by atoms with Gasteiger partial charge in [0.05, 0.1) is 11.7 Å². The Labute approximate surface area is 170 Å². The second-order valence-corrected chi connectivity index (χ2v) is 7.18. The molecule has 3 rings (SSSR count). The van der Waals surface area contributed by atoms with E-state index in [1.54, 1.807) is 30.8 Å². The molecule has 0 aliphatic heterocycles. The van der Waals surface area contributed by atoms with Crippen molar-refractivity contribution in [1.82, 2.24) is 15.1 Å². The minimum atomic E-state index is -0.263. The summed E-state index contributed by atoms with van der Waals surface area (Å²) in [5.41, 5.74) is 3.61. The van der Waals surface area contributed by atoms with E-state index in [0.717, 1.165) is 11.1 Å². The van der Waals surface area contributed by atoms with Crippen molar-refractivity contribution in [2.45, 2.75) is 33.7 Å². The van der Waals surface area contributed by atoms with Crippen LogP contribution in [0.5, 0.6) is 11.6 Å². The van der Waals surface area contributed by atoms with Gasteiger partial charge >= 0.3 is 0 Å². The zero-order valence-electron chi connectivity index (χ0n) is 17.3. The Balaban J connectivity index is 1.82. The second-order valence-electron chi connectivity index (χ2n) is 7.18. The fourth-order valence-electron chi connectivity index (χ4n) is 3.16. The number of nitrogens with zero attached hydrogens (tertiary/aromatic N) is 2. The summed E-state index contributed by atoms with van der Waals surface area (Å²) in [5.74, 6) is 0.790. The summed E-state index contributed by atoms with van der Waals surface area (Å²) in [4.78, 5) is 24.5. The van der Waals surface area contributed by atoms with Crippen molar-refractivity contribution in [3.63, 3.8) is 0 Å². The lowest BCUT2D eigenvalue weighted by atomic mass is 10.0. The van der Waals surface area contributed by atoms with E-state index in [2.05, 4.69) is 10.4 Å². The van der Waals surface area contributed by atoms with Crippen LogP contribution in [-0.4, -0.2) is 21.5 Å². The van der Waals surface area contributed by atoms with Crippen LogP contribution >= 0.6 is 0 Å². The molecule has 0 spiro atoms. The Morgan fingerprint density at radius 1 is 1.10 bits per heavy atom. The molecule has 2 aromatic carbocycles. The molecule has 6 heteroatoms. The van der Waals surface area contributed by atoms with E-state index in [-0.39, 0.29) is 17.7 Å². The topological polar surface area (TPSA) is 73.2 Å². The molecule has 0 aliphatic carbocycles. The quantitative estimate of drug-likeness (QED) is 0.627. The van der Waals surface area contributed by atoms with Crippen LogP contribution in [0.4, 0.5) is 0 Å². The molecule has 1 N–H and O–H groups in total. The maximum atomic E-state index is 13.0. The van der Waals surface area contributed by atoms with Gasteiger partial charge in [-0.1, -0.05) is 36.4 Å². The molecule has 29 heavy (non-hydrogen) atoms. The lowest BCUT2D eigenvalue weighted by Gasteiger charge is -2.15. The van der Waals surface area contributed by atoms with Gasteiger partial charge in [-0.15, -0.1) is 0 Å². The summed E-state index contributed by atoms with van der Waals surface area (Å²) >= 11 is 0. The van der Waals surface area contributed by atoms with Gasteiger partial charge in [0.15, 0.2) is 5.78 Å². The summed E-state index contributed by atoms with van der Waals surface area (Å²) in [6.45, 7) is 7.19. The highest BCUT2D eigenvalue weighted by Gasteiger charge is 2.24. The van der Waals surface area contributed by atoms with Crippen molar-refractivity contribution < 1.29 is 14.3 Å². The lowest BCUT2D eigenvalue weighted by Crippen LogP contribution is -2.27. The number of Topliss-reactive ketones (excluding diaryl/α,β-unsaturated/α-hetero) is 1. The van der Waals surface area contributed by atoms with Crippen LogP contribution in [0.25, 0.3) is 0 Å². The summed E-state index contributed by atoms with van der Waals surface area (Å²) in [6, 6.07) is 14.6. The number of hydrogen-bond donors (Lipinski definition) is 1. The standard InChI is InChI=1S/C23H25N3O3/c1-14-7-6-8-20(13-14)29-23-21(16(3)25-26(23)5)22(28)24-15(2)18-9-11-19(12-10-18)17(4)27/h6-13,15H,1-5H3,(H,24,28)/t15-/m0/s1. The molecule has 1 atom stereocenters. The first kappa shape index (κ1) is 20.3. The van der Waals surface area contributed by atoms with Crippen molar-refractivity contribution in [3.05, 3.63) is 76.5 Å². The van der Waals surface area contributed by atoms with Gasteiger partial charge in [0, 0.05) is 12.6 Å². The average molecular weight is 391 g/mol. The largest absolute Gasteiger partial charge is 0.438 e. The molecule has 0 bridgehead atoms. The first-order valence-electron chi connectivity index (χ1n) is 9.46. The predicted molar refractivity (Wildman–Crippen MR) is 112 cm³/mol. The van der Waals surface area contributed by atoms with E-state index in [1.165, 1.54) is 6.92 Å². The minimum Gasteiger partial charge on any atom is -0.438 e. The van der Waals surface area contributed by atoms with Crippen LogP contribution in [0.15, 0.2) is 48.5 Å². The van der Waals surface area contributed by atoms with Gasteiger partial charge in [-0.25, -0.2) is 4.68 Å². The van der Waals surface area contributed by atoms with Gasteiger partial charge in [-0.3, -0.25) is 9.59 Å². The summed E-state index contributed by atoms with van der Waals surface area (Å²) in [7, 11) is 1.75. The maximum absolute atomic E-state index is 13.0. The molecule has 150 valence electrons. The van der Waals surface area contributed by atoms with E-state index in [1.807, 2.05) is 50.2 Å². The molecule has 3 aromatic rings. The van der Waals surface area contributed by atoms with Crippen molar-refractivity contribution in [1.29, 1.82) is 0 Å². The van der Waals surface area contributed by atoms with Crippen LogP contribution in [0, 0.1) is 13.8 Å². The second kappa shape index (κ2) is 8.31. The predicted octanol–water partition coefficient (Wildman–Crippen LogP) is 4.52. The van der Waals surface area contributed by atoms with E-state index < -0.39 is 0 Å². The lowest BCUT2D eigenvalue weighted by molar-refractivity contribution is 0.0935. The molecule has 0 unspecified atom stereocenters. The summed E-state index contributed by atoms with van der Waals surface area (Å²) in [6.07, 6.45) is 0. The van der Waals surface area contributed by atoms with Gasteiger partial charge < -0.3 is 10.1 Å². The number of ketones is 1. The van der Waals surface area contributed by atoms with Crippen molar-refractivity contribution >= 4 is 11.7 Å². The van der Waals surface area contributed by atoms with E-state index >= 15 is 0 Å². The Morgan fingerprint density at radius 2 is 1.79 bits per heavy atom. The molecule has 0 saturated carbocycles. The third-order valence-electron chi connectivity index (χ3n) is 4.77. The summed E-state index contributed by atoms with van der Waals surface area (Å²) < 4.78 is 7.56. The Kier molecular flexibility index (Phi) is 5.82. The highest BCUT2D eigenvalue weighted by atomic mass is 16.5. The van der Waals surface area contributed by atoms with Crippen molar-refractivity contribution in [2.24, 2.45) is 7.05 Å². The number of carbonyl (C=O) groups is 2. The maximum Gasteiger partial charge on any atom is 0.259 e. The van der Waals surface area contributed by atoms with Crippen LogP contribution in [-0.2, 0) is 7.05 Å². The number of benzene rings is 2. The van der Waals surface area contributed by atoms with Gasteiger partial charge in [0.25, 0.3) is 5.91 Å². The Morgan fingerprint density at radius 3 is 2.41 bits per heavy atom. The first-order valence-corrected chi connectivity index (χ1v) is 9.46. The van der Waals surface area contributed by atoms with Crippen molar-refractivity contribution in [3.8, 4) is 11.6 Å². The molecule has 0 saturated heterocycles. The first-order chi connectivity index (χ1) is 13.8. The van der Waals surface area contributed by atoms with E-state index in [4.69, 9.17) is 4.74 Å². The van der Waals surface area contributed by atoms with E-state index in [0.29, 0.717) is 28.5 Å². The number of aryl methyl sites for hydroxylation is 3. The molecule has 0 fully saturated rings. The zero-order chi connectivity index (χ0) is 21.1.